The lowest BCUT2D eigenvalue weighted by Gasteiger charge is -2.29. The van der Waals surface area contributed by atoms with Crippen molar-refractivity contribution in [2.75, 3.05) is 0 Å². The second-order valence-corrected chi connectivity index (χ2v) is 7.01. The van der Waals surface area contributed by atoms with Crippen LogP contribution in [0.5, 0.6) is 5.75 Å². The van der Waals surface area contributed by atoms with Gasteiger partial charge in [-0.2, -0.15) is 0 Å². The molecule has 2 N–H and O–H groups in total. The number of carbonyl (C=O) groups is 3. The fourth-order valence-electron chi connectivity index (χ4n) is 2.40. The molecular formula is C17H21N3O7. The molecule has 1 saturated heterocycles. The number of ether oxygens (including phenoxy) is 2. The predicted octanol–water partition coefficient (Wildman–Crippen LogP) is 1.67. The normalized spacial score (nSPS) is 19.6. The number of benzene rings is 1. The Bertz CT molecular complexity index is 740. The summed E-state index contributed by atoms with van der Waals surface area (Å²) in [5.74, 6) is -1.07. The number of nitro groups is 1. The summed E-state index contributed by atoms with van der Waals surface area (Å²) in [6.07, 6.45) is -0.210. The highest BCUT2D eigenvalue weighted by molar-refractivity contribution is 5.91. The van der Waals surface area contributed by atoms with Crippen molar-refractivity contribution in [3.63, 3.8) is 0 Å². The largest absolute Gasteiger partial charge is 0.444 e. The third kappa shape index (κ3) is 5.94. The van der Waals surface area contributed by atoms with E-state index in [0.717, 1.165) is 0 Å². The average Bonchev–Trinajstić information content (AvgIpc) is 2.55. The number of piperidine rings is 1. The molecule has 2 amide bonds. The van der Waals surface area contributed by atoms with Crippen molar-refractivity contribution in [3.8, 4) is 5.75 Å². The predicted molar refractivity (Wildman–Crippen MR) is 93.1 cm³/mol. The number of nitrogens with zero attached hydrogens (tertiary/aromatic N) is 1. The van der Waals surface area contributed by atoms with E-state index in [1.54, 1.807) is 20.8 Å². The molecule has 27 heavy (non-hydrogen) atoms. The van der Waals surface area contributed by atoms with Gasteiger partial charge < -0.3 is 20.1 Å². The minimum atomic E-state index is -0.871. The number of carbonyl (C=O) groups excluding carboxylic acids is 3. The first kappa shape index (κ1) is 20.1. The maximum atomic E-state index is 12.2. The lowest BCUT2D eigenvalue weighted by molar-refractivity contribution is -0.384. The second-order valence-electron chi connectivity index (χ2n) is 7.01. The van der Waals surface area contributed by atoms with Crippen LogP contribution in [-0.2, 0) is 14.3 Å². The Balaban J connectivity index is 1.87. The standard InChI is InChI=1S/C17H21N3O7/c1-17(2,3)27-16(23)19-12-8-9-13(18-14(12)21)15(22)26-11-6-4-10(5-7-11)20(24)25/h4-7,12-13H,8-9H2,1-3H3,(H,18,21)(H,19,23)/t12-,13+/m0/s1. The van der Waals surface area contributed by atoms with Gasteiger partial charge in [-0.3, -0.25) is 14.9 Å². The fourth-order valence-corrected chi connectivity index (χ4v) is 2.40. The molecule has 2 atom stereocenters. The van der Waals surface area contributed by atoms with E-state index in [1.165, 1.54) is 24.3 Å². The Hall–Kier alpha value is -3.17. The Labute approximate surface area is 155 Å². The summed E-state index contributed by atoms with van der Waals surface area (Å²) in [5.41, 5.74) is -0.816. The van der Waals surface area contributed by atoms with Gasteiger partial charge in [0.1, 0.15) is 23.4 Å². The van der Waals surface area contributed by atoms with Crippen LogP contribution in [0, 0.1) is 10.1 Å². The van der Waals surface area contributed by atoms with Crippen LogP contribution in [0.25, 0.3) is 0 Å². The molecule has 1 fully saturated rings. The Morgan fingerprint density at radius 3 is 2.37 bits per heavy atom. The van der Waals surface area contributed by atoms with Crippen molar-refractivity contribution >= 4 is 23.7 Å². The third-order valence-electron chi connectivity index (χ3n) is 3.62. The number of amides is 2. The monoisotopic (exact) mass is 379 g/mol. The number of non-ortho nitro benzene ring substituents is 1. The zero-order valence-corrected chi connectivity index (χ0v) is 15.2. The van der Waals surface area contributed by atoms with Gasteiger partial charge in [-0.15, -0.1) is 0 Å². The van der Waals surface area contributed by atoms with Gasteiger partial charge in [0.2, 0.25) is 5.91 Å². The fraction of sp³-hybridized carbons (Fsp3) is 0.471. The minimum Gasteiger partial charge on any atom is -0.444 e. The number of alkyl carbamates (subject to hydrolysis) is 1. The SMILES string of the molecule is CC(C)(C)OC(=O)N[C@H]1CC[C@H](C(=O)Oc2ccc([N+](=O)[O-])cc2)NC1=O. The van der Waals surface area contributed by atoms with Crippen molar-refractivity contribution < 1.29 is 28.8 Å². The van der Waals surface area contributed by atoms with Gasteiger partial charge >= 0.3 is 12.1 Å². The quantitative estimate of drug-likeness (QED) is 0.351. The summed E-state index contributed by atoms with van der Waals surface area (Å²) in [6, 6.07) is 3.35. The number of rotatable bonds is 4. The van der Waals surface area contributed by atoms with Crippen LogP contribution in [0.2, 0.25) is 0 Å². The minimum absolute atomic E-state index is 0.128. The van der Waals surface area contributed by atoms with Gasteiger partial charge in [0.05, 0.1) is 4.92 Å². The van der Waals surface area contributed by atoms with Crippen LogP contribution < -0.4 is 15.4 Å². The zero-order valence-electron chi connectivity index (χ0n) is 15.2. The summed E-state index contributed by atoms with van der Waals surface area (Å²) in [5, 5.41) is 15.6. The molecular weight excluding hydrogens is 358 g/mol. The van der Waals surface area contributed by atoms with Crippen molar-refractivity contribution in [2.45, 2.75) is 51.3 Å². The summed E-state index contributed by atoms with van der Waals surface area (Å²) >= 11 is 0. The summed E-state index contributed by atoms with van der Waals surface area (Å²) < 4.78 is 10.2. The van der Waals surface area contributed by atoms with Crippen LogP contribution in [0.4, 0.5) is 10.5 Å². The first-order chi connectivity index (χ1) is 12.5. The number of nitro benzene ring substituents is 1. The van der Waals surface area contributed by atoms with Gasteiger partial charge in [-0.1, -0.05) is 0 Å². The lowest BCUT2D eigenvalue weighted by Crippen LogP contribution is -2.57. The molecule has 10 heteroatoms. The Kier molecular flexibility index (Phi) is 5.98. The number of nitrogens with one attached hydrogen (secondary N) is 2. The van der Waals surface area contributed by atoms with Crippen molar-refractivity contribution in [3.05, 3.63) is 34.4 Å². The maximum Gasteiger partial charge on any atom is 0.408 e. The molecule has 1 aliphatic heterocycles. The van der Waals surface area contributed by atoms with Crippen LogP contribution in [0.15, 0.2) is 24.3 Å². The Morgan fingerprint density at radius 1 is 1.22 bits per heavy atom. The molecule has 0 aromatic heterocycles. The number of hydrogen-bond acceptors (Lipinski definition) is 7. The van der Waals surface area contributed by atoms with E-state index in [9.17, 15) is 24.5 Å². The van der Waals surface area contributed by atoms with Crippen molar-refractivity contribution in [1.82, 2.24) is 10.6 Å². The zero-order chi connectivity index (χ0) is 20.2. The van der Waals surface area contributed by atoms with Crippen LogP contribution in [0.3, 0.4) is 0 Å². The maximum absolute atomic E-state index is 12.2. The van der Waals surface area contributed by atoms with E-state index in [1.807, 2.05) is 0 Å². The summed E-state index contributed by atoms with van der Waals surface area (Å²) in [4.78, 5) is 46.1. The Morgan fingerprint density at radius 2 is 1.85 bits per heavy atom. The van der Waals surface area contributed by atoms with Gasteiger partial charge in [0, 0.05) is 12.1 Å². The molecule has 2 rings (SSSR count). The molecule has 0 spiro atoms. The van der Waals surface area contributed by atoms with Gasteiger partial charge in [0.15, 0.2) is 0 Å². The van der Waals surface area contributed by atoms with E-state index >= 15 is 0 Å². The first-order valence-electron chi connectivity index (χ1n) is 8.31. The van der Waals surface area contributed by atoms with Gasteiger partial charge in [0.25, 0.3) is 5.69 Å². The molecule has 146 valence electrons. The van der Waals surface area contributed by atoms with Crippen LogP contribution >= 0.6 is 0 Å². The van der Waals surface area contributed by atoms with Gasteiger partial charge in [-0.05, 0) is 45.7 Å². The van der Waals surface area contributed by atoms with E-state index in [4.69, 9.17) is 9.47 Å². The summed E-state index contributed by atoms with van der Waals surface area (Å²) in [6.45, 7) is 5.12. The molecule has 0 unspecified atom stereocenters. The number of hydrogen-bond donors (Lipinski definition) is 2. The molecule has 10 nitrogen and oxygen atoms in total. The molecule has 1 aliphatic rings. The van der Waals surface area contributed by atoms with E-state index in [-0.39, 0.29) is 24.3 Å². The topological polar surface area (TPSA) is 137 Å². The molecule has 1 aromatic rings. The van der Waals surface area contributed by atoms with Crippen molar-refractivity contribution in [1.29, 1.82) is 0 Å². The van der Waals surface area contributed by atoms with Gasteiger partial charge in [-0.25, -0.2) is 9.59 Å². The average molecular weight is 379 g/mol. The molecule has 0 bridgehead atoms. The highest BCUT2D eigenvalue weighted by Crippen LogP contribution is 2.19. The van der Waals surface area contributed by atoms with E-state index in [2.05, 4.69) is 10.6 Å². The van der Waals surface area contributed by atoms with Crippen LogP contribution in [0.1, 0.15) is 33.6 Å². The molecule has 0 radical (unpaired) electrons. The van der Waals surface area contributed by atoms with Crippen LogP contribution in [-0.4, -0.2) is 40.6 Å². The number of esters is 1. The highest BCUT2D eigenvalue weighted by Gasteiger charge is 2.34. The molecule has 0 saturated carbocycles. The second kappa shape index (κ2) is 8.02. The molecule has 1 aromatic carbocycles. The highest BCUT2D eigenvalue weighted by atomic mass is 16.6. The third-order valence-corrected chi connectivity index (χ3v) is 3.62. The van der Waals surface area contributed by atoms with E-state index < -0.39 is 40.6 Å². The van der Waals surface area contributed by atoms with Crippen molar-refractivity contribution in [2.24, 2.45) is 0 Å². The first-order valence-corrected chi connectivity index (χ1v) is 8.31. The molecule has 1 heterocycles. The van der Waals surface area contributed by atoms with E-state index in [0.29, 0.717) is 0 Å². The lowest BCUT2D eigenvalue weighted by atomic mass is 10.00. The molecule has 0 aliphatic carbocycles. The smallest absolute Gasteiger partial charge is 0.408 e. The summed E-state index contributed by atoms with van der Waals surface area (Å²) in [7, 11) is 0.